The standard InChI is InChI=1S/C21H28N6S.HI/c1-15(2)20-25-17(14-28-20)10-11-23-21(22-3)27(4)13-19-24-12-18(26-19)16-8-6-5-7-9-16;/h5-9,12,14-15H,10-11,13H2,1-4H3,(H,22,23)(H,24,26);1H. The molecule has 0 saturated carbocycles. The summed E-state index contributed by atoms with van der Waals surface area (Å²) in [5.41, 5.74) is 3.30. The Morgan fingerprint density at radius 1 is 1.28 bits per heavy atom. The van der Waals surface area contributed by atoms with E-state index in [4.69, 9.17) is 0 Å². The Morgan fingerprint density at radius 2 is 2.03 bits per heavy atom. The lowest BCUT2D eigenvalue weighted by Crippen LogP contribution is -2.39. The van der Waals surface area contributed by atoms with Crippen molar-refractivity contribution in [3.8, 4) is 11.3 Å². The number of guanidine groups is 1. The number of hydrogen-bond acceptors (Lipinski definition) is 4. The molecule has 0 atom stereocenters. The maximum absolute atomic E-state index is 4.69. The number of H-pyrrole nitrogens is 1. The summed E-state index contributed by atoms with van der Waals surface area (Å²) < 4.78 is 0. The van der Waals surface area contributed by atoms with Crippen LogP contribution in [0.3, 0.4) is 0 Å². The lowest BCUT2D eigenvalue weighted by atomic mass is 10.2. The average molecular weight is 524 g/mol. The number of thiazole rings is 1. The van der Waals surface area contributed by atoms with Crippen LogP contribution in [0.2, 0.25) is 0 Å². The second-order valence-electron chi connectivity index (χ2n) is 7.02. The van der Waals surface area contributed by atoms with E-state index in [0.29, 0.717) is 12.5 Å². The number of benzene rings is 1. The summed E-state index contributed by atoms with van der Waals surface area (Å²) in [6.07, 6.45) is 2.76. The molecule has 0 saturated heterocycles. The Hall–Kier alpha value is -1.94. The molecule has 0 aliphatic carbocycles. The van der Waals surface area contributed by atoms with Gasteiger partial charge in [0.25, 0.3) is 0 Å². The van der Waals surface area contributed by atoms with E-state index in [1.165, 1.54) is 5.01 Å². The molecular formula is C21H29IN6S. The number of aliphatic imine (C=N–C) groups is 1. The van der Waals surface area contributed by atoms with Gasteiger partial charge in [0.2, 0.25) is 0 Å². The van der Waals surface area contributed by atoms with Crippen LogP contribution in [0.4, 0.5) is 0 Å². The molecule has 156 valence electrons. The van der Waals surface area contributed by atoms with Crippen LogP contribution in [0.25, 0.3) is 11.3 Å². The number of imidazole rings is 1. The molecule has 2 aromatic heterocycles. The zero-order chi connectivity index (χ0) is 19.9. The van der Waals surface area contributed by atoms with Crippen LogP contribution < -0.4 is 5.32 Å². The highest BCUT2D eigenvalue weighted by Crippen LogP contribution is 2.19. The Morgan fingerprint density at radius 3 is 2.69 bits per heavy atom. The molecule has 3 rings (SSSR count). The normalized spacial score (nSPS) is 11.4. The van der Waals surface area contributed by atoms with Crippen LogP contribution in [-0.4, -0.2) is 46.5 Å². The molecule has 29 heavy (non-hydrogen) atoms. The number of hydrogen-bond donors (Lipinski definition) is 2. The fraction of sp³-hybridized carbons (Fsp3) is 0.381. The molecule has 0 unspecified atom stereocenters. The van der Waals surface area contributed by atoms with E-state index < -0.39 is 0 Å². The van der Waals surface area contributed by atoms with Crippen LogP contribution >= 0.6 is 35.3 Å². The van der Waals surface area contributed by atoms with Gasteiger partial charge in [-0.3, -0.25) is 4.99 Å². The number of halogens is 1. The van der Waals surface area contributed by atoms with Crippen molar-refractivity contribution < 1.29 is 0 Å². The minimum Gasteiger partial charge on any atom is -0.356 e. The molecular weight excluding hydrogens is 495 g/mol. The first-order chi connectivity index (χ1) is 13.6. The van der Waals surface area contributed by atoms with E-state index in [1.807, 2.05) is 31.4 Å². The topological polar surface area (TPSA) is 69.2 Å². The van der Waals surface area contributed by atoms with Crippen LogP contribution in [0.15, 0.2) is 46.9 Å². The van der Waals surface area contributed by atoms with Gasteiger partial charge in [-0.2, -0.15) is 0 Å². The molecule has 3 aromatic rings. The molecule has 1 aromatic carbocycles. The first-order valence-corrected chi connectivity index (χ1v) is 10.4. The third-order valence-corrected chi connectivity index (χ3v) is 5.60. The van der Waals surface area contributed by atoms with E-state index in [2.05, 4.69) is 61.5 Å². The van der Waals surface area contributed by atoms with Gasteiger partial charge in [0.15, 0.2) is 5.96 Å². The van der Waals surface area contributed by atoms with Crippen molar-refractivity contribution in [2.24, 2.45) is 4.99 Å². The zero-order valence-corrected chi connectivity index (χ0v) is 20.5. The lowest BCUT2D eigenvalue weighted by molar-refractivity contribution is 0.464. The monoisotopic (exact) mass is 524 g/mol. The smallest absolute Gasteiger partial charge is 0.193 e. The van der Waals surface area contributed by atoms with Crippen molar-refractivity contribution in [1.29, 1.82) is 0 Å². The van der Waals surface area contributed by atoms with E-state index in [0.717, 1.165) is 41.7 Å². The van der Waals surface area contributed by atoms with E-state index in [9.17, 15) is 0 Å². The summed E-state index contributed by atoms with van der Waals surface area (Å²) in [7, 11) is 3.82. The third-order valence-electron chi connectivity index (χ3n) is 4.40. The molecule has 8 heteroatoms. The van der Waals surface area contributed by atoms with E-state index >= 15 is 0 Å². The molecule has 6 nitrogen and oxygen atoms in total. The summed E-state index contributed by atoms with van der Waals surface area (Å²) in [4.78, 5) is 19.0. The summed E-state index contributed by atoms with van der Waals surface area (Å²) in [6.45, 7) is 5.80. The maximum atomic E-state index is 4.69. The Kier molecular flexibility index (Phi) is 9.09. The Balaban J connectivity index is 0.00000300. The molecule has 0 spiro atoms. The second kappa shape index (κ2) is 11.3. The third kappa shape index (κ3) is 6.53. The van der Waals surface area contributed by atoms with Crippen molar-refractivity contribution in [1.82, 2.24) is 25.2 Å². The van der Waals surface area contributed by atoms with Gasteiger partial charge >= 0.3 is 0 Å². The SMILES string of the molecule is CN=C(NCCc1csc(C(C)C)n1)N(C)Cc1ncc(-c2ccccc2)[nH]1.I. The van der Waals surface area contributed by atoms with Crippen molar-refractivity contribution in [2.45, 2.75) is 32.7 Å². The highest BCUT2D eigenvalue weighted by Gasteiger charge is 2.11. The zero-order valence-electron chi connectivity index (χ0n) is 17.3. The average Bonchev–Trinajstić information content (AvgIpc) is 3.35. The first-order valence-electron chi connectivity index (χ1n) is 9.52. The van der Waals surface area contributed by atoms with Gasteiger partial charge in [0, 0.05) is 38.4 Å². The van der Waals surface area contributed by atoms with E-state index in [-0.39, 0.29) is 24.0 Å². The summed E-state index contributed by atoms with van der Waals surface area (Å²) >= 11 is 1.74. The van der Waals surface area contributed by atoms with Crippen molar-refractivity contribution in [3.05, 3.63) is 58.4 Å². The quantitative estimate of drug-likeness (QED) is 0.271. The highest BCUT2D eigenvalue weighted by atomic mass is 127. The van der Waals surface area contributed by atoms with Gasteiger partial charge < -0.3 is 15.2 Å². The molecule has 2 N–H and O–H groups in total. The molecule has 2 heterocycles. The number of nitrogens with zero attached hydrogens (tertiary/aromatic N) is 4. The van der Waals surface area contributed by atoms with Gasteiger partial charge in [-0.15, -0.1) is 35.3 Å². The molecule has 0 aliphatic rings. The number of nitrogens with one attached hydrogen (secondary N) is 2. The molecule has 0 fully saturated rings. The van der Waals surface area contributed by atoms with Crippen LogP contribution in [-0.2, 0) is 13.0 Å². The van der Waals surface area contributed by atoms with Crippen molar-refractivity contribution >= 4 is 41.3 Å². The molecule has 0 bridgehead atoms. The van der Waals surface area contributed by atoms with Crippen molar-refractivity contribution in [3.63, 3.8) is 0 Å². The predicted octanol–water partition coefficient (Wildman–Crippen LogP) is 4.52. The van der Waals surface area contributed by atoms with Gasteiger partial charge in [0.05, 0.1) is 29.1 Å². The minimum absolute atomic E-state index is 0. The van der Waals surface area contributed by atoms with Crippen molar-refractivity contribution in [2.75, 3.05) is 20.6 Å². The lowest BCUT2D eigenvalue weighted by Gasteiger charge is -2.20. The van der Waals surface area contributed by atoms with Crippen LogP contribution in [0.5, 0.6) is 0 Å². The number of aromatic nitrogens is 3. The maximum Gasteiger partial charge on any atom is 0.193 e. The van der Waals surface area contributed by atoms with Gasteiger partial charge in [-0.1, -0.05) is 44.2 Å². The Labute approximate surface area is 193 Å². The largest absolute Gasteiger partial charge is 0.356 e. The fourth-order valence-electron chi connectivity index (χ4n) is 2.90. The molecule has 0 amide bonds. The predicted molar refractivity (Wildman–Crippen MR) is 132 cm³/mol. The highest BCUT2D eigenvalue weighted by molar-refractivity contribution is 14.0. The van der Waals surface area contributed by atoms with Gasteiger partial charge in [0.1, 0.15) is 5.82 Å². The van der Waals surface area contributed by atoms with Crippen LogP contribution in [0, 0.1) is 0 Å². The fourth-order valence-corrected chi connectivity index (χ4v) is 3.77. The first kappa shape index (κ1) is 23.3. The van der Waals surface area contributed by atoms with Crippen LogP contribution in [0.1, 0.15) is 36.3 Å². The minimum atomic E-state index is 0. The second-order valence-corrected chi connectivity index (χ2v) is 7.91. The summed E-state index contributed by atoms with van der Waals surface area (Å²) in [5.74, 6) is 2.24. The van der Waals surface area contributed by atoms with E-state index in [1.54, 1.807) is 18.4 Å². The molecule has 0 aliphatic heterocycles. The number of rotatable bonds is 7. The number of aromatic amines is 1. The Bertz CT molecular complexity index is 903. The summed E-state index contributed by atoms with van der Waals surface area (Å²) in [6, 6.07) is 10.2. The van der Waals surface area contributed by atoms with Gasteiger partial charge in [-0.05, 0) is 5.56 Å². The summed E-state index contributed by atoms with van der Waals surface area (Å²) in [5, 5.41) is 6.76. The van der Waals surface area contributed by atoms with Gasteiger partial charge in [-0.25, -0.2) is 9.97 Å². The molecule has 0 radical (unpaired) electrons.